The van der Waals surface area contributed by atoms with E-state index in [2.05, 4.69) is 9.99 Å². The quantitative estimate of drug-likeness (QED) is 0.913. The van der Waals surface area contributed by atoms with E-state index in [0.717, 1.165) is 30.9 Å². The van der Waals surface area contributed by atoms with Gasteiger partial charge in [0.15, 0.2) is 0 Å². The second-order valence-electron chi connectivity index (χ2n) is 4.74. The van der Waals surface area contributed by atoms with E-state index in [-0.39, 0.29) is 5.56 Å². The summed E-state index contributed by atoms with van der Waals surface area (Å²) < 4.78 is 7.42. The number of para-hydroxylation sites is 1. The Labute approximate surface area is 116 Å². The predicted molar refractivity (Wildman–Crippen MR) is 74.8 cm³/mol. The van der Waals surface area contributed by atoms with Crippen LogP contribution in [0.4, 0.5) is 0 Å². The molecule has 0 atom stereocenters. The van der Waals surface area contributed by atoms with E-state index < -0.39 is 5.97 Å². The molecule has 0 radical (unpaired) electrons. The van der Waals surface area contributed by atoms with Crippen molar-refractivity contribution in [1.29, 1.82) is 0 Å². The largest absolute Gasteiger partial charge is 0.478 e. The van der Waals surface area contributed by atoms with Crippen molar-refractivity contribution in [2.45, 2.75) is 13.3 Å². The zero-order chi connectivity index (χ0) is 14.1. The number of carbonyl (C=O) groups is 1. The van der Waals surface area contributed by atoms with Crippen LogP contribution in [0.1, 0.15) is 23.1 Å². The Hall–Kier alpha value is -2.08. The number of nitrogens with zero attached hydrogens (tertiary/aromatic N) is 3. The van der Waals surface area contributed by atoms with Gasteiger partial charge in [-0.2, -0.15) is 0 Å². The number of benzene rings is 1. The molecule has 6 heteroatoms. The highest BCUT2D eigenvalue weighted by atomic mass is 16.5. The van der Waals surface area contributed by atoms with Crippen LogP contribution in [0, 0.1) is 0 Å². The number of rotatable bonds is 3. The summed E-state index contributed by atoms with van der Waals surface area (Å²) in [5, 5.41) is 11.5. The first kappa shape index (κ1) is 12.9. The van der Waals surface area contributed by atoms with Crippen molar-refractivity contribution in [1.82, 2.24) is 9.66 Å². The van der Waals surface area contributed by atoms with Crippen LogP contribution in [0.25, 0.3) is 11.0 Å². The molecule has 0 aliphatic carbocycles. The second-order valence-corrected chi connectivity index (χ2v) is 4.74. The minimum atomic E-state index is -0.940. The molecular formula is C14H17N3O3. The van der Waals surface area contributed by atoms with Gasteiger partial charge in [-0.1, -0.05) is 13.0 Å². The van der Waals surface area contributed by atoms with E-state index >= 15 is 0 Å². The number of hydrogen-bond acceptors (Lipinski definition) is 4. The van der Waals surface area contributed by atoms with Crippen molar-refractivity contribution < 1.29 is 14.6 Å². The maximum atomic E-state index is 11.3. The third-order valence-electron chi connectivity index (χ3n) is 3.55. The van der Waals surface area contributed by atoms with Crippen LogP contribution in [0.3, 0.4) is 0 Å². The smallest absolute Gasteiger partial charge is 0.337 e. The van der Waals surface area contributed by atoms with Gasteiger partial charge in [-0.15, -0.1) is 0 Å². The SMILES string of the molecule is CCc1nc2c(C(=O)O)cccc2n1N1CCOCC1. The number of imidazole rings is 1. The molecule has 3 rings (SSSR count). The van der Waals surface area contributed by atoms with Crippen LogP contribution < -0.4 is 5.01 Å². The molecule has 1 aliphatic rings. The van der Waals surface area contributed by atoms with Crippen molar-refractivity contribution in [2.75, 3.05) is 31.3 Å². The molecule has 0 bridgehead atoms. The summed E-state index contributed by atoms with van der Waals surface area (Å²) in [6, 6.07) is 5.29. The summed E-state index contributed by atoms with van der Waals surface area (Å²) in [5.41, 5.74) is 1.66. The van der Waals surface area contributed by atoms with Gasteiger partial charge in [-0.25, -0.2) is 14.5 Å². The summed E-state index contributed by atoms with van der Waals surface area (Å²) in [7, 11) is 0. The lowest BCUT2D eigenvalue weighted by molar-refractivity contribution is 0.0699. The van der Waals surface area contributed by atoms with Gasteiger partial charge in [0, 0.05) is 6.42 Å². The highest BCUT2D eigenvalue weighted by molar-refractivity contribution is 6.01. The molecule has 1 aliphatic heterocycles. The van der Waals surface area contributed by atoms with Gasteiger partial charge < -0.3 is 14.9 Å². The molecule has 0 unspecified atom stereocenters. The van der Waals surface area contributed by atoms with Gasteiger partial charge in [-0.3, -0.25) is 0 Å². The number of hydrogen-bond donors (Lipinski definition) is 1. The highest BCUT2D eigenvalue weighted by Crippen LogP contribution is 2.21. The minimum Gasteiger partial charge on any atom is -0.478 e. The summed E-state index contributed by atoms with van der Waals surface area (Å²) >= 11 is 0. The standard InChI is InChI=1S/C14H17N3O3/c1-2-12-15-13-10(14(18)19)4-3-5-11(13)17(12)16-6-8-20-9-7-16/h3-5H,2,6-9H2,1H3,(H,18,19). The summed E-state index contributed by atoms with van der Waals surface area (Å²) in [6.45, 7) is 4.97. The Morgan fingerprint density at radius 1 is 1.40 bits per heavy atom. The molecule has 0 spiro atoms. The number of aromatic nitrogens is 2. The van der Waals surface area contributed by atoms with Crippen LogP contribution in [-0.4, -0.2) is 47.0 Å². The molecule has 106 valence electrons. The van der Waals surface area contributed by atoms with Gasteiger partial charge in [0.2, 0.25) is 0 Å². The number of morpholine rings is 1. The topological polar surface area (TPSA) is 67.6 Å². The number of aromatic carboxylic acids is 1. The summed E-state index contributed by atoms with van der Waals surface area (Å²) in [4.78, 5) is 15.8. The fraction of sp³-hybridized carbons (Fsp3) is 0.429. The molecule has 1 N–H and O–H groups in total. The third kappa shape index (κ3) is 2.02. The first-order chi connectivity index (χ1) is 9.72. The Morgan fingerprint density at radius 3 is 2.80 bits per heavy atom. The van der Waals surface area contributed by atoms with E-state index in [1.165, 1.54) is 0 Å². The Bertz CT molecular complexity index is 644. The van der Waals surface area contributed by atoms with E-state index in [0.29, 0.717) is 18.7 Å². The van der Waals surface area contributed by atoms with Gasteiger partial charge in [0.05, 0.1) is 37.4 Å². The van der Waals surface area contributed by atoms with Crippen LogP contribution in [0.15, 0.2) is 18.2 Å². The molecule has 1 aromatic heterocycles. The Morgan fingerprint density at radius 2 is 2.15 bits per heavy atom. The molecule has 2 heterocycles. The van der Waals surface area contributed by atoms with Crippen LogP contribution in [-0.2, 0) is 11.2 Å². The molecule has 2 aromatic rings. The minimum absolute atomic E-state index is 0.254. The van der Waals surface area contributed by atoms with Crippen LogP contribution >= 0.6 is 0 Å². The molecule has 0 saturated carbocycles. The van der Waals surface area contributed by atoms with Crippen molar-refractivity contribution in [3.8, 4) is 0 Å². The van der Waals surface area contributed by atoms with Crippen molar-refractivity contribution in [3.63, 3.8) is 0 Å². The first-order valence-corrected chi connectivity index (χ1v) is 6.79. The lowest BCUT2D eigenvalue weighted by Gasteiger charge is -2.31. The maximum Gasteiger partial charge on any atom is 0.337 e. The number of aryl methyl sites for hydroxylation is 1. The molecule has 0 amide bonds. The number of carboxylic acids is 1. The third-order valence-corrected chi connectivity index (χ3v) is 3.55. The van der Waals surface area contributed by atoms with E-state index in [1.807, 2.05) is 17.7 Å². The van der Waals surface area contributed by atoms with Crippen molar-refractivity contribution in [3.05, 3.63) is 29.6 Å². The van der Waals surface area contributed by atoms with Crippen LogP contribution in [0.5, 0.6) is 0 Å². The Balaban J connectivity index is 2.19. The maximum absolute atomic E-state index is 11.3. The average Bonchev–Trinajstić information content (AvgIpc) is 2.86. The van der Waals surface area contributed by atoms with Gasteiger partial charge in [0.1, 0.15) is 11.3 Å². The van der Waals surface area contributed by atoms with Crippen molar-refractivity contribution >= 4 is 17.0 Å². The highest BCUT2D eigenvalue weighted by Gasteiger charge is 2.20. The zero-order valence-electron chi connectivity index (χ0n) is 11.4. The monoisotopic (exact) mass is 275 g/mol. The molecule has 1 saturated heterocycles. The zero-order valence-corrected chi connectivity index (χ0v) is 11.4. The summed E-state index contributed by atoms with van der Waals surface area (Å²) in [6.07, 6.45) is 0.755. The van der Waals surface area contributed by atoms with E-state index in [1.54, 1.807) is 12.1 Å². The second kappa shape index (κ2) is 5.13. The van der Waals surface area contributed by atoms with Crippen LogP contribution in [0.2, 0.25) is 0 Å². The number of fused-ring (bicyclic) bond motifs is 1. The molecule has 20 heavy (non-hydrogen) atoms. The normalized spacial score (nSPS) is 15.8. The van der Waals surface area contributed by atoms with Gasteiger partial charge in [-0.05, 0) is 12.1 Å². The predicted octanol–water partition coefficient (Wildman–Crippen LogP) is 1.27. The molecule has 1 aromatic carbocycles. The van der Waals surface area contributed by atoms with Crippen molar-refractivity contribution in [2.24, 2.45) is 0 Å². The van der Waals surface area contributed by atoms with Gasteiger partial charge in [0.25, 0.3) is 0 Å². The molecule has 1 fully saturated rings. The molecule has 6 nitrogen and oxygen atoms in total. The molecular weight excluding hydrogens is 258 g/mol. The van der Waals surface area contributed by atoms with E-state index in [9.17, 15) is 9.90 Å². The van der Waals surface area contributed by atoms with E-state index in [4.69, 9.17) is 4.74 Å². The lowest BCUT2D eigenvalue weighted by atomic mass is 10.2. The fourth-order valence-corrected chi connectivity index (χ4v) is 2.61. The summed E-state index contributed by atoms with van der Waals surface area (Å²) in [5.74, 6) is -0.0551. The Kier molecular flexibility index (Phi) is 3.31. The number of carboxylic acid groups (broad SMARTS) is 1. The lowest BCUT2D eigenvalue weighted by Crippen LogP contribution is -2.44. The fourth-order valence-electron chi connectivity index (χ4n) is 2.61. The average molecular weight is 275 g/mol. The number of ether oxygens (including phenoxy) is 1. The first-order valence-electron chi connectivity index (χ1n) is 6.79. The van der Waals surface area contributed by atoms with Gasteiger partial charge >= 0.3 is 5.97 Å².